The molecule has 0 radical (unpaired) electrons. The van der Waals surface area contributed by atoms with E-state index in [1.165, 1.54) is 12.8 Å². The number of hydrogen-bond acceptors (Lipinski definition) is 3. The van der Waals surface area contributed by atoms with Gasteiger partial charge in [-0.1, -0.05) is 0 Å². The van der Waals surface area contributed by atoms with E-state index in [-0.39, 0.29) is 0 Å². The van der Waals surface area contributed by atoms with Gasteiger partial charge in [-0.25, -0.2) is 0 Å². The summed E-state index contributed by atoms with van der Waals surface area (Å²) in [5, 5.41) is 3.36. The molecule has 1 fully saturated rings. The van der Waals surface area contributed by atoms with Gasteiger partial charge in [0.1, 0.15) is 11.5 Å². The lowest BCUT2D eigenvalue weighted by Gasteiger charge is -2.35. The normalized spacial score (nSPS) is 21.2. The summed E-state index contributed by atoms with van der Waals surface area (Å²) in [5.74, 6) is 2.10. The van der Waals surface area contributed by atoms with Crippen molar-refractivity contribution >= 4 is 0 Å². The minimum atomic E-state index is 0.409. The van der Waals surface area contributed by atoms with E-state index >= 15 is 0 Å². The van der Waals surface area contributed by atoms with E-state index in [0.717, 1.165) is 24.6 Å². The Bertz CT molecular complexity index is 326. The van der Waals surface area contributed by atoms with Crippen molar-refractivity contribution in [1.82, 2.24) is 10.2 Å². The molecule has 1 aromatic rings. The zero-order valence-electron chi connectivity index (χ0n) is 10.5. The highest BCUT2D eigenvalue weighted by Crippen LogP contribution is 2.25. The first kappa shape index (κ1) is 11.7. The van der Waals surface area contributed by atoms with Crippen molar-refractivity contribution in [2.75, 3.05) is 20.1 Å². The van der Waals surface area contributed by atoms with Gasteiger partial charge < -0.3 is 9.73 Å². The second-order valence-corrected chi connectivity index (χ2v) is 4.72. The van der Waals surface area contributed by atoms with E-state index in [4.69, 9.17) is 4.42 Å². The van der Waals surface area contributed by atoms with Gasteiger partial charge in [-0.05, 0) is 45.9 Å². The van der Waals surface area contributed by atoms with Crippen molar-refractivity contribution in [3.05, 3.63) is 23.7 Å². The Morgan fingerprint density at radius 2 is 2.06 bits per heavy atom. The van der Waals surface area contributed by atoms with Crippen LogP contribution in [0.1, 0.15) is 37.3 Å². The molecule has 90 valence electrons. The summed E-state index contributed by atoms with van der Waals surface area (Å²) < 4.78 is 5.69. The van der Waals surface area contributed by atoms with Crippen LogP contribution < -0.4 is 5.32 Å². The van der Waals surface area contributed by atoms with Crippen molar-refractivity contribution in [2.45, 2.75) is 38.8 Å². The molecular weight excluding hydrogens is 200 g/mol. The number of likely N-dealkylation sites (tertiary alicyclic amines) is 1. The van der Waals surface area contributed by atoms with Crippen molar-refractivity contribution in [1.29, 1.82) is 0 Å². The van der Waals surface area contributed by atoms with Crippen LogP contribution in [0.5, 0.6) is 0 Å². The first-order valence-corrected chi connectivity index (χ1v) is 6.18. The summed E-state index contributed by atoms with van der Waals surface area (Å²) in [4.78, 5) is 2.51. The van der Waals surface area contributed by atoms with Crippen LogP contribution in [0.15, 0.2) is 16.5 Å². The highest BCUT2D eigenvalue weighted by Gasteiger charge is 2.23. The molecule has 0 spiro atoms. The fourth-order valence-electron chi connectivity index (χ4n) is 2.43. The topological polar surface area (TPSA) is 28.4 Å². The summed E-state index contributed by atoms with van der Waals surface area (Å²) in [6.45, 7) is 6.56. The average molecular weight is 222 g/mol. The Hall–Kier alpha value is -0.800. The highest BCUT2D eigenvalue weighted by atomic mass is 16.3. The van der Waals surface area contributed by atoms with Gasteiger partial charge in [-0.2, -0.15) is 0 Å². The molecule has 3 nitrogen and oxygen atoms in total. The zero-order valence-corrected chi connectivity index (χ0v) is 10.5. The maximum Gasteiger partial charge on any atom is 0.121 e. The number of nitrogens with one attached hydrogen (secondary N) is 1. The van der Waals surface area contributed by atoms with Gasteiger partial charge in [0.05, 0.1) is 6.04 Å². The molecule has 1 saturated heterocycles. The molecule has 1 aliphatic heterocycles. The Morgan fingerprint density at radius 1 is 1.38 bits per heavy atom. The van der Waals surface area contributed by atoms with Gasteiger partial charge in [-0.15, -0.1) is 0 Å². The molecule has 1 atom stereocenters. The molecule has 3 heteroatoms. The third-order valence-corrected chi connectivity index (χ3v) is 3.66. The minimum Gasteiger partial charge on any atom is -0.465 e. The summed E-state index contributed by atoms with van der Waals surface area (Å²) >= 11 is 0. The first-order valence-electron chi connectivity index (χ1n) is 6.18. The molecule has 1 N–H and O–H groups in total. The molecule has 0 aromatic carbocycles. The number of aryl methyl sites for hydroxylation is 1. The van der Waals surface area contributed by atoms with Gasteiger partial charge in [0.2, 0.25) is 0 Å². The molecule has 1 aromatic heterocycles. The SMILES string of the molecule is CNC1CCN(C(C)c2ccc(C)o2)CC1. The van der Waals surface area contributed by atoms with Gasteiger partial charge in [0.25, 0.3) is 0 Å². The quantitative estimate of drug-likeness (QED) is 0.851. The van der Waals surface area contributed by atoms with Gasteiger partial charge >= 0.3 is 0 Å². The second-order valence-electron chi connectivity index (χ2n) is 4.72. The van der Waals surface area contributed by atoms with Crippen LogP contribution in [-0.4, -0.2) is 31.1 Å². The summed E-state index contributed by atoms with van der Waals surface area (Å²) in [6, 6.07) is 5.25. The van der Waals surface area contributed by atoms with Crippen molar-refractivity contribution in [3.8, 4) is 0 Å². The van der Waals surface area contributed by atoms with Crippen LogP contribution in [0.2, 0.25) is 0 Å². The van der Waals surface area contributed by atoms with E-state index in [1.807, 2.05) is 13.0 Å². The molecule has 0 saturated carbocycles. The van der Waals surface area contributed by atoms with Crippen LogP contribution in [-0.2, 0) is 0 Å². The Balaban J connectivity index is 1.93. The summed E-state index contributed by atoms with van der Waals surface area (Å²) in [5.41, 5.74) is 0. The fraction of sp³-hybridized carbons (Fsp3) is 0.692. The molecule has 16 heavy (non-hydrogen) atoms. The predicted octanol–water partition coefficient (Wildman–Crippen LogP) is 2.33. The van der Waals surface area contributed by atoms with Crippen LogP contribution in [0.25, 0.3) is 0 Å². The Kier molecular flexibility index (Phi) is 3.66. The molecule has 2 rings (SSSR count). The predicted molar refractivity (Wildman–Crippen MR) is 65.5 cm³/mol. The van der Waals surface area contributed by atoms with Gasteiger partial charge in [0.15, 0.2) is 0 Å². The molecule has 0 amide bonds. The molecule has 0 aliphatic carbocycles. The van der Waals surface area contributed by atoms with Crippen molar-refractivity contribution in [2.24, 2.45) is 0 Å². The molecule has 2 heterocycles. The largest absolute Gasteiger partial charge is 0.465 e. The van der Waals surface area contributed by atoms with Crippen LogP contribution >= 0.6 is 0 Å². The number of rotatable bonds is 3. The fourth-order valence-corrected chi connectivity index (χ4v) is 2.43. The number of piperidine rings is 1. The molecular formula is C13H22N2O. The van der Waals surface area contributed by atoms with Gasteiger partial charge in [0, 0.05) is 19.1 Å². The monoisotopic (exact) mass is 222 g/mol. The van der Waals surface area contributed by atoms with E-state index in [9.17, 15) is 0 Å². The first-order chi connectivity index (χ1) is 7.70. The smallest absolute Gasteiger partial charge is 0.121 e. The number of nitrogens with zero attached hydrogens (tertiary/aromatic N) is 1. The average Bonchev–Trinajstić information content (AvgIpc) is 2.75. The Morgan fingerprint density at radius 3 is 2.56 bits per heavy atom. The van der Waals surface area contributed by atoms with Crippen LogP contribution in [0, 0.1) is 6.92 Å². The third kappa shape index (κ3) is 2.47. The summed E-state index contributed by atoms with van der Waals surface area (Å²) in [7, 11) is 2.06. The van der Waals surface area contributed by atoms with Crippen molar-refractivity contribution in [3.63, 3.8) is 0 Å². The minimum absolute atomic E-state index is 0.409. The maximum absolute atomic E-state index is 5.69. The highest BCUT2D eigenvalue weighted by molar-refractivity contribution is 5.09. The van der Waals surface area contributed by atoms with E-state index in [1.54, 1.807) is 0 Å². The third-order valence-electron chi connectivity index (χ3n) is 3.66. The molecule has 1 unspecified atom stereocenters. The summed E-state index contributed by atoms with van der Waals surface area (Å²) in [6.07, 6.45) is 2.47. The Labute approximate surface area is 97.8 Å². The van der Waals surface area contributed by atoms with E-state index < -0.39 is 0 Å². The van der Waals surface area contributed by atoms with Crippen molar-refractivity contribution < 1.29 is 4.42 Å². The number of hydrogen-bond donors (Lipinski definition) is 1. The van der Waals surface area contributed by atoms with Crippen LogP contribution in [0.3, 0.4) is 0 Å². The zero-order chi connectivity index (χ0) is 11.5. The lowest BCUT2D eigenvalue weighted by Crippen LogP contribution is -2.42. The lowest BCUT2D eigenvalue weighted by molar-refractivity contribution is 0.140. The lowest BCUT2D eigenvalue weighted by atomic mass is 10.0. The molecule has 0 bridgehead atoms. The maximum atomic E-state index is 5.69. The number of furan rings is 1. The second kappa shape index (κ2) is 5.02. The molecule has 1 aliphatic rings. The van der Waals surface area contributed by atoms with E-state index in [2.05, 4.69) is 30.3 Å². The van der Waals surface area contributed by atoms with E-state index in [0.29, 0.717) is 12.1 Å². The van der Waals surface area contributed by atoms with Gasteiger partial charge in [-0.3, -0.25) is 4.90 Å². The van der Waals surface area contributed by atoms with Crippen LogP contribution in [0.4, 0.5) is 0 Å². The standard InChI is InChI=1S/C13H22N2O/c1-10-4-5-13(16-10)11(2)15-8-6-12(14-3)7-9-15/h4-5,11-12,14H,6-9H2,1-3H3.